The van der Waals surface area contributed by atoms with E-state index in [9.17, 15) is 4.79 Å². The molecule has 1 aromatic rings. The molecule has 0 unspecified atom stereocenters. The molecule has 1 fully saturated rings. The van der Waals surface area contributed by atoms with Crippen molar-refractivity contribution in [3.8, 4) is 0 Å². The summed E-state index contributed by atoms with van der Waals surface area (Å²) in [5.41, 5.74) is 1.32. The molecule has 0 aliphatic heterocycles. The molecule has 1 aromatic carbocycles. The molecule has 2 heteroatoms. The maximum Gasteiger partial charge on any atom is 0.225 e. The van der Waals surface area contributed by atoms with Crippen LogP contribution >= 0.6 is 0 Å². The largest absolute Gasteiger partial charge is 0.339 e. The molecule has 2 nitrogen and oxygen atoms in total. The molecule has 1 saturated carbocycles. The van der Waals surface area contributed by atoms with E-state index in [1.165, 1.54) is 37.7 Å². The molecule has 0 aromatic heterocycles. The highest BCUT2D eigenvalue weighted by Crippen LogP contribution is 2.24. The molecule has 0 heterocycles. The molecule has 110 valence electrons. The van der Waals surface area contributed by atoms with Gasteiger partial charge in [-0.1, -0.05) is 63.4 Å². The zero-order chi connectivity index (χ0) is 14.4. The Hall–Kier alpha value is -1.31. The molecule has 0 N–H and O–H groups in total. The highest BCUT2D eigenvalue weighted by molar-refractivity contribution is 5.78. The van der Waals surface area contributed by atoms with E-state index in [1.807, 2.05) is 19.9 Å². The number of carbonyl (C=O) groups is 1. The molecule has 0 radical (unpaired) electrons. The summed E-state index contributed by atoms with van der Waals surface area (Å²) in [4.78, 5) is 14.7. The first-order chi connectivity index (χ1) is 9.68. The maximum atomic E-state index is 12.5. The number of amides is 1. The van der Waals surface area contributed by atoms with Gasteiger partial charge in [-0.25, -0.2) is 0 Å². The van der Waals surface area contributed by atoms with Gasteiger partial charge >= 0.3 is 0 Å². The first-order valence-electron chi connectivity index (χ1n) is 8.03. The van der Waals surface area contributed by atoms with Crippen molar-refractivity contribution in [2.24, 2.45) is 5.92 Å². The third-order valence-electron chi connectivity index (χ3n) is 4.28. The summed E-state index contributed by atoms with van der Waals surface area (Å²) in [6.07, 6.45) is 7.23. The summed E-state index contributed by atoms with van der Waals surface area (Å²) < 4.78 is 0. The minimum atomic E-state index is 0.104. The van der Waals surface area contributed by atoms with Crippen molar-refractivity contribution in [1.29, 1.82) is 0 Å². The van der Waals surface area contributed by atoms with Gasteiger partial charge in [0.15, 0.2) is 0 Å². The highest BCUT2D eigenvalue weighted by Gasteiger charge is 2.26. The summed E-state index contributed by atoms with van der Waals surface area (Å²) in [6, 6.07) is 11.0. The lowest BCUT2D eigenvalue weighted by molar-refractivity contribution is -0.137. The smallest absolute Gasteiger partial charge is 0.225 e. The third kappa shape index (κ3) is 4.09. The van der Waals surface area contributed by atoms with Crippen LogP contribution in [-0.4, -0.2) is 23.4 Å². The Labute approximate surface area is 123 Å². The fraction of sp³-hybridized carbons (Fsp3) is 0.611. The maximum absolute atomic E-state index is 12.5. The zero-order valence-corrected chi connectivity index (χ0v) is 12.8. The summed E-state index contributed by atoms with van der Waals surface area (Å²) in [7, 11) is 0. The Morgan fingerprint density at radius 3 is 2.40 bits per heavy atom. The van der Waals surface area contributed by atoms with Crippen molar-refractivity contribution < 1.29 is 4.79 Å². The molecule has 1 amide bonds. The Morgan fingerprint density at radius 1 is 1.15 bits per heavy atom. The minimum Gasteiger partial charge on any atom is -0.339 e. The number of nitrogens with zero attached hydrogens (tertiary/aromatic N) is 1. The van der Waals surface area contributed by atoms with Crippen LogP contribution in [0.2, 0.25) is 0 Å². The average molecular weight is 273 g/mol. The van der Waals surface area contributed by atoms with Crippen LogP contribution in [0.25, 0.3) is 0 Å². The third-order valence-corrected chi connectivity index (χ3v) is 4.28. The highest BCUT2D eigenvalue weighted by atomic mass is 16.2. The van der Waals surface area contributed by atoms with Gasteiger partial charge < -0.3 is 4.90 Å². The summed E-state index contributed by atoms with van der Waals surface area (Å²) in [6.45, 7) is 4.90. The number of benzene rings is 1. The molecule has 1 aliphatic carbocycles. The zero-order valence-electron chi connectivity index (χ0n) is 12.8. The van der Waals surface area contributed by atoms with Gasteiger partial charge in [0.2, 0.25) is 5.91 Å². The van der Waals surface area contributed by atoms with Gasteiger partial charge in [-0.15, -0.1) is 0 Å². The van der Waals surface area contributed by atoms with Crippen molar-refractivity contribution in [3.63, 3.8) is 0 Å². The van der Waals surface area contributed by atoms with Gasteiger partial charge in [-0.3, -0.25) is 4.79 Å². The van der Waals surface area contributed by atoms with Gasteiger partial charge in [0.25, 0.3) is 0 Å². The van der Waals surface area contributed by atoms with E-state index in [2.05, 4.69) is 29.2 Å². The molecule has 20 heavy (non-hydrogen) atoms. The van der Waals surface area contributed by atoms with Crippen LogP contribution in [0.15, 0.2) is 30.3 Å². The van der Waals surface area contributed by atoms with Crippen LogP contribution < -0.4 is 0 Å². The lowest BCUT2D eigenvalue weighted by Crippen LogP contribution is -2.44. The van der Waals surface area contributed by atoms with Crippen LogP contribution in [-0.2, 0) is 11.2 Å². The molecule has 0 atom stereocenters. The first-order valence-corrected chi connectivity index (χ1v) is 8.03. The van der Waals surface area contributed by atoms with Crippen LogP contribution in [0, 0.1) is 5.92 Å². The molecule has 0 bridgehead atoms. The van der Waals surface area contributed by atoms with Crippen molar-refractivity contribution in [2.75, 3.05) is 6.54 Å². The molecule has 2 rings (SSSR count). The van der Waals surface area contributed by atoms with Crippen LogP contribution in [0.3, 0.4) is 0 Å². The predicted molar refractivity (Wildman–Crippen MR) is 83.6 cm³/mol. The van der Waals surface area contributed by atoms with E-state index in [-0.39, 0.29) is 5.92 Å². The fourth-order valence-corrected chi connectivity index (χ4v) is 3.09. The summed E-state index contributed by atoms with van der Waals surface area (Å²) in [5, 5.41) is 0. The van der Waals surface area contributed by atoms with Crippen LogP contribution in [0.4, 0.5) is 0 Å². The first kappa shape index (κ1) is 15.1. The predicted octanol–water partition coefficient (Wildman–Crippen LogP) is 4.05. The fourth-order valence-electron chi connectivity index (χ4n) is 3.09. The quantitative estimate of drug-likeness (QED) is 0.792. The number of hydrogen-bond donors (Lipinski definition) is 0. The van der Waals surface area contributed by atoms with Crippen LogP contribution in [0.5, 0.6) is 0 Å². The van der Waals surface area contributed by atoms with E-state index in [4.69, 9.17) is 0 Å². The molecular weight excluding hydrogens is 246 g/mol. The normalized spacial score (nSPS) is 16.4. The van der Waals surface area contributed by atoms with Gasteiger partial charge in [-0.2, -0.15) is 0 Å². The van der Waals surface area contributed by atoms with Crippen molar-refractivity contribution >= 4 is 5.91 Å². The van der Waals surface area contributed by atoms with E-state index in [1.54, 1.807) is 0 Å². The molecular formula is C18H27NO. The lowest BCUT2D eigenvalue weighted by Gasteiger charge is -2.35. The lowest BCUT2D eigenvalue weighted by atomic mass is 9.93. The summed E-state index contributed by atoms with van der Waals surface area (Å²) in [5.74, 6) is 0.431. The van der Waals surface area contributed by atoms with Crippen molar-refractivity contribution in [3.05, 3.63) is 35.9 Å². The second-order valence-corrected chi connectivity index (χ2v) is 6.21. The molecule has 0 saturated heterocycles. The number of hydrogen-bond acceptors (Lipinski definition) is 1. The van der Waals surface area contributed by atoms with Gasteiger partial charge in [0.05, 0.1) is 0 Å². The topological polar surface area (TPSA) is 20.3 Å². The standard InChI is InChI=1S/C18H27NO/c1-15(2)18(20)19(17-11-7-4-8-12-17)14-13-16-9-5-3-6-10-16/h3,5-6,9-10,15,17H,4,7-8,11-14H2,1-2H3. The summed E-state index contributed by atoms with van der Waals surface area (Å²) >= 11 is 0. The number of carbonyl (C=O) groups excluding carboxylic acids is 1. The van der Waals surface area contributed by atoms with Gasteiger partial charge in [0.1, 0.15) is 0 Å². The van der Waals surface area contributed by atoms with E-state index >= 15 is 0 Å². The Kier molecular flexibility index (Phi) is 5.63. The van der Waals surface area contributed by atoms with Crippen molar-refractivity contribution in [1.82, 2.24) is 4.90 Å². The van der Waals surface area contributed by atoms with Crippen LogP contribution in [0.1, 0.15) is 51.5 Å². The second kappa shape index (κ2) is 7.47. The van der Waals surface area contributed by atoms with Gasteiger partial charge in [0, 0.05) is 18.5 Å². The van der Waals surface area contributed by atoms with E-state index in [0.29, 0.717) is 11.9 Å². The minimum absolute atomic E-state index is 0.104. The molecule has 1 aliphatic rings. The monoisotopic (exact) mass is 273 g/mol. The van der Waals surface area contributed by atoms with E-state index < -0.39 is 0 Å². The second-order valence-electron chi connectivity index (χ2n) is 6.21. The van der Waals surface area contributed by atoms with Gasteiger partial charge in [-0.05, 0) is 24.8 Å². The van der Waals surface area contributed by atoms with Crippen molar-refractivity contribution in [2.45, 2.75) is 58.4 Å². The Bertz CT molecular complexity index is 407. The Morgan fingerprint density at radius 2 is 1.80 bits per heavy atom. The number of rotatable bonds is 5. The molecule has 0 spiro atoms. The van der Waals surface area contributed by atoms with E-state index in [0.717, 1.165) is 13.0 Å². The SMILES string of the molecule is CC(C)C(=O)N(CCc1ccccc1)C1CCCCC1. The average Bonchev–Trinajstić information content (AvgIpc) is 2.49. The Balaban J connectivity index is 2.00.